The molecule has 1 aliphatic carbocycles. The van der Waals surface area contributed by atoms with E-state index in [-0.39, 0.29) is 0 Å². The highest BCUT2D eigenvalue weighted by Crippen LogP contribution is 2.38. The van der Waals surface area contributed by atoms with Gasteiger partial charge < -0.3 is 0 Å². The SMILES string of the molecule is Brc1cnn(-c2ccc(C3CC3)nn2)c1. The van der Waals surface area contributed by atoms with Gasteiger partial charge in [-0.3, -0.25) is 0 Å². The van der Waals surface area contributed by atoms with Crippen LogP contribution in [0, 0.1) is 0 Å². The Bertz CT molecular complexity index is 472. The van der Waals surface area contributed by atoms with Crippen LogP contribution in [0.5, 0.6) is 0 Å². The van der Waals surface area contributed by atoms with Crippen LogP contribution in [0.25, 0.3) is 5.82 Å². The van der Waals surface area contributed by atoms with Crippen LogP contribution < -0.4 is 0 Å². The first-order valence-corrected chi connectivity index (χ1v) is 5.66. The van der Waals surface area contributed by atoms with Crippen molar-refractivity contribution in [2.75, 3.05) is 0 Å². The van der Waals surface area contributed by atoms with Crippen LogP contribution in [0.1, 0.15) is 24.5 Å². The molecule has 1 saturated carbocycles. The Balaban J connectivity index is 1.92. The zero-order valence-corrected chi connectivity index (χ0v) is 9.55. The molecule has 2 heterocycles. The molecular weight excluding hydrogens is 256 g/mol. The van der Waals surface area contributed by atoms with Crippen LogP contribution in [0.15, 0.2) is 29.0 Å². The van der Waals surface area contributed by atoms with E-state index in [0.29, 0.717) is 5.92 Å². The monoisotopic (exact) mass is 264 g/mol. The van der Waals surface area contributed by atoms with Crippen molar-refractivity contribution in [3.05, 3.63) is 34.7 Å². The summed E-state index contributed by atoms with van der Waals surface area (Å²) in [6.07, 6.45) is 6.10. The Morgan fingerprint density at radius 1 is 1.27 bits per heavy atom. The molecule has 5 heteroatoms. The number of nitrogens with zero attached hydrogens (tertiary/aromatic N) is 4. The minimum absolute atomic E-state index is 0.649. The fourth-order valence-corrected chi connectivity index (χ4v) is 1.77. The third-order valence-corrected chi connectivity index (χ3v) is 2.86. The molecule has 4 nitrogen and oxygen atoms in total. The maximum atomic E-state index is 4.20. The summed E-state index contributed by atoms with van der Waals surface area (Å²) in [7, 11) is 0. The highest BCUT2D eigenvalue weighted by atomic mass is 79.9. The number of aromatic nitrogens is 4. The smallest absolute Gasteiger partial charge is 0.175 e. The minimum atomic E-state index is 0.649. The summed E-state index contributed by atoms with van der Waals surface area (Å²) in [5, 5.41) is 12.5. The average molecular weight is 265 g/mol. The largest absolute Gasteiger partial charge is 0.220 e. The van der Waals surface area contributed by atoms with Crippen LogP contribution >= 0.6 is 15.9 Å². The first-order chi connectivity index (χ1) is 7.33. The average Bonchev–Trinajstić information content (AvgIpc) is 3.02. The van der Waals surface area contributed by atoms with Gasteiger partial charge in [0.2, 0.25) is 0 Å². The van der Waals surface area contributed by atoms with E-state index in [9.17, 15) is 0 Å². The highest BCUT2D eigenvalue weighted by molar-refractivity contribution is 9.10. The van der Waals surface area contributed by atoms with Crippen molar-refractivity contribution in [1.82, 2.24) is 20.0 Å². The fraction of sp³-hybridized carbons (Fsp3) is 0.300. The van der Waals surface area contributed by atoms with Gasteiger partial charge in [0.15, 0.2) is 5.82 Å². The van der Waals surface area contributed by atoms with Crippen LogP contribution in [-0.2, 0) is 0 Å². The second-order valence-corrected chi connectivity index (χ2v) is 4.61. The van der Waals surface area contributed by atoms with Crippen molar-refractivity contribution >= 4 is 15.9 Å². The van der Waals surface area contributed by atoms with E-state index in [2.05, 4.69) is 31.2 Å². The van der Waals surface area contributed by atoms with Crippen LogP contribution in [-0.4, -0.2) is 20.0 Å². The standard InChI is InChI=1S/C10H9BrN4/c11-8-5-12-15(6-8)10-4-3-9(13-14-10)7-1-2-7/h3-7H,1-2H2. The summed E-state index contributed by atoms with van der Waals surface area (Å²) in [4.78, 5) is 0. The molecule has 0 unspecified atom stereocenters. The van der Waals surface area contributed by atoms with Crippen molar-refractivity contribution in [1.29, 1.82) is 0 Å². The van der Waals surface area contributed by atoms with Crippen molar-refractivity contribution < 1.29 is 0 Å². The number of hydrogen-bond donors (Lipinski definition) is 0. The molecule has 76 valence electrons. The lowest BCUT2D eigenvalue weighted by atomic mass is 10.3. The summed E-state index contributed by atoms with van der Waals surface area (Å²) in [6.45, 7) is 0. The van der Waals surface area contributed by atoms with Crippen molar-refractivity contribution in [2.24, 2.45) is 0 Å². The Labute approximate surface area is 95.5 Å². The van der Waals surface area contributed by atoms with E-state index >= 15 is 0 Å². The lowest BCUT2D eigenvalue weighted by Gasteiger charge is -1.99. The summed E-state index contributed by atoms with van der Waals surface area (Å²) >= 11 is 3.35. The normalized spacial score (nSPS) is 15.5. The number of hydrogen-bond acceptors (Lipinski definition) is 3. The van der Waals surface area contributed by atoms with Crippen LogP contribution in [0.3, 0.4) is 0 Å². The van der Waals surface area contributed by atoms with Gasteiger partial charge >= 0.3 is 0 Å². The third kappa shape index (κ3) is 1.79. The molecule has 0 saturated heterocycles. The van der Waals surface area contributed by atoms with Crippen LogP contribution in [0.4, 0.5) is 0 Å². The minimum Gasteiger partial charge on any atom is -0.220 e. The van der Waals surface area contributed by atoms with Gasteiger partial charge in [0.1, 0.15) is 0 Å². The highest BCUT2D eigenvalue weighted by Gasteiger charge is 2.25. The van der Waals surface area contributed by atoms with Crippen molar-refractivity contribution in [2.45, 2.75) is 18.8 Å². The van der Waals surface area contributed by atoms with Gasteiger partial charge in [-0.2, -0.15) is 10.2 Å². The Morgan fingerprint density at radius 3 is 2.67 bits per heavy atom. The molecular formula is C10H9BrN4. The zero-order chi connectivity index (χ0) is 10.3. The number of halogens is 1. The first-order valence-electron chi connectivity index (χ1n) is 4.87. The summed E-state index contributed by atoms with van der Waals surface area (Å²) < 4.78 is 2.64. The molecule has 15 heavy (non-hydrogen) atoms. The summed E-state index contributed by atoms with van der Waals surface area (Å²) in [5.41, 5.74) is 1.10. The zero-order valence-electron chi connectivity index (χ0n) is 7.97. The van der Waals surface area contributed by atoms with Gasteiger partial charge in [0, 0.05) is 12.1 Å². The molecule has 2 aromatic heterocycles. The summed E-state index contributed by atoms with van der Waals surface area (Å²) in [6, 6.07) is 4.00. The van der Waals surface area contributed by atoms with E-state index in [1.165, 1.54) is 12.8 Å². The number of rotatable bonds is 2. The summed E-state index contributed by atoms with van der Waals surface area (Å²) in [5.74, 6) is 1.40. The maximum Gasteiger partial charge on any atom is 0.175 e. The topological polar surface area (TPSA) is 43.6 Å². The molecule has 1 aliphatic rings. The van der Waals surface area contributed by atoms with E-state index in [1.807, 2.05) is 18.3 Å². The lowest BCUT2D eigenvalue weighted by molar-refractivity contribution is 0.794. The second-order valence-electron chi connectivity index (χ2n) is 3.69. The Morgan fingerprint density at radius 2 is 2.13 bits per heavy atom. The molecule has 0 spiro atoms. The van der Waals surface area contributed by atoms with Gasteiger partial charge in [-0.15, -0.1) is 5.10 Å². The van der Waals surface area contributed by atoms with E-state index in [4.69, 9.17) is 0 Å². The predicted molar refractivity (Wildman–Crippen MR) is 58.8 cm³/mol. The molecule has 0 aliphatic heterocycles. The van der Waals surface area contributed by atoms with Crippen molar-refractivity contribution in [3.8, 4) is 5.82 Å². The van der Waals surface area contributed by atoms with Gasteiger partial charge in [-0.05, 0) is 40.9 Å². The van der Waals surface area contributed by atoms with Crippen molar-refractivity contribution in [3.63, 3.8) is 0 Å². The molecule has 0 aromatic carbocycles. The van der Waals surface area contributed by atoms with E-state index < -0.39 is 0 Å². The molecule has 3 rings (SSSR count). The molecule has 0 bridgehead atoms. The third-order valence-electron chi connectivity index (χ3n) is 2.45. The van der Waals surface area contributed by atoms with Gasteiger partial charge in [0.25, 0.3) is 0 Å². The Hall–Kier alpha value is -1.23. The molecule has 0 radical (unpaired) electrons. The fourth-order valence-electron chi connectivity index (χ4n) is 1.48. The molecule has 0 N–H and O–H groups in total. The van der Waals surface area contributed by atoms with E-state index in [0.717, 1.165) is 16.0 Å². The quantitative estimate of drug-likeness (QED) is 0.836. The predicted octanol–water partition coefficient (Wildman–Crippen LogP) is 2.30. The van der Waals surface area contributed by atoms with E-state index in [1.54, 1.807) is 10.9 Å². The maximum absolute atomic E-state index is 4.20. The molecule has 2 aromatic rings. The van der Waals surface area contributed by atoms with Crippen LogP contribution in [0.2, 0.25) is 0 Å². The Kier molecular flexibility index (Phi) is 2.05. The molecule has 0 atom stereocenters. The van der Waals surface area contributed by atoms with Gasteiger partial charge in [-0.25, -0.2) is 4.68 Å². The van der Waals surface area contributed by atoms with Gasteiger partial charge in [-0.1, -0.05) is 0 Å². The lowest BCUT2D eigenvalue weighted by Crippen LogP contribution is -2.00. The first kappa shape index (κ1) is 9.03. The molecule has 1 fully saturated rings. The second kappa shape index (κ2) is 3.41. The van der Waals surface area contributed by atoms with Gasteiger partial charge in [0.05, 0.1) is 16.4 Å². The molecule has 0 amide bonds.